The average Bonchev–Trinajstić information content (AvgIpc) is 2.98. The lowest BCUT2D eigenvalue weighted by Crippen LogP contribution is -2.39. The van der Waals surface area contributed by atoms with Crippen molar-refractivity contribution >= 4 is 5.91 Å². The Morgan fingerprint density at radius 3 is 2.30 bits per heavy atom. The van der Waals surface area contributed by atoms with Crippen molar-refractivity contribution in [3.8, 4) is 5.75 Å². The van der Waals surface area contributed by atoms with Gasteiger partial charge in [-0.15, -0.1) is 0 Å². The highest BCUT2D eigenvalue weighted by Crippen LogP contribution is 2.36. The number of fused-ring (bicyclic) bond motifs is 1. The van der Waals surface area contributed by atoms with Crippen LogP contribution in [0.15, 0.2) is 24.3 Å². The number of carbonyl (C=O) groups is 1. The topological polar surface area (TPSA) is 29.5 Å². The highest BCUT2D eigenvalue weighted by molar-refractivity contribution is 5.81. The Bertz CT molecular complexity index is 540. The van der Waals surface area contributed by atoms with E-state index in [0.717, 1.165) is 30.7 Å². The molecular formula is C20H29NO2. The van der Waals surface area contributed by atoms with E-state index in [1.165, 1.54) is 31.2 Å². The van der Waals surface area contributed by atoms with Gasteiger partial charge in [-0.3, -0.25) is 4.79 Å². The van der Waals surface area contributed by atoms with Crippen LogP contribution in [0.2, 0.25) is 0 Å². The van der Waals surface area contributed by atoms with Crippen LogP contribution in [0.25, 0.3) is 0 Å². The Hall–Kier alpha value is -1.51. The van der Waals surface area contributed by atoms with Crippen LogP contribution < -0.4 is 4.74 Å². The molecule has 1 amide bonds. The zero-order valence-corrected chi connectivity index (χ0v) is 14.6. The fourth-order valence-corrected chi connectivity index (χ4v) is 4.15. The van der Waals surface area contributed by atoms with Crippen LogP contribution in [0.1, 0.15) is 57.9 Å². The maximum atomic E-state index is 12.8. The summed E-state index contributed by atoms with van der Waals surface area (Å²) in [5.41, 5.74) is 1.17. The van der Waals surface area contributed by atoms with E-state index in [1.54, 1.807) is 0 Å². The molecular weight excluding hydrogens is 286 g/mol. The van der Waals surface area contributed by atoms with E-state index < -0.39 is 6.10 Å². The summed E-state index contributed by atoms with van der Waals surface area (Å²) in [7, 11) is 0. The third kappa shape index (κ3) is 3.54. The van der Waals surface area contributed by atoms with Crippen LogP contribution >= 0.6 is 0 Å². The van der Waals surface area contributed by atoms with Crippen LogP contribution in [-0.4, -0.2) is 30.0 Å². The second-order valence-corrected chi connectivity index (χ2v) is 7.50. The van der Waals surface area contributed by atoms with Crippen LogP contribution in [0, 0.1) is 11.8 Å². The number of hydrogen-bond donors (Lipinski definition) is 0. The number of para-hydroxylation sites is 1. The van der Waals surface area contributed by atoms with Gasteiger partial charge in [0.15, 0.2) is 6.10 Å². The number of nitrogens with zero attached hydrogens (tertiary/aromatic N) is 1. The molecule has 1 aliphatic carbocycles. The van der Waals surface area contributed by atoms with Gasteiger partial charge >= 0.3 is 0 Å². The van der Waals surface area contributed by atoms with Gasteiger partial charge in [-0.1, -0.05) is 44.9 Å². The van der Waals surface area contributed by atoms with E-state index in [-0.39, 0.29) is 5.91 Å². The summed E-state index contributed by atoms with van der Waals surface area (Å²) >= 11 is 0. The van der Waals surface area contributed by atoms with E-state index in [2.05, 4.69) is 19.9 Å². The van der Waals surface area contributed by atoms with Gasteiger partial charge in [0, 0.05) is 13.1 Å². The Morgan fingerprint density at radius 2 is 1.70 bits per heavy atom. The minimum Gasteiger partial charge on any atom is -0.481 e. The van der Waals surface area contributed by atoms with Crippen LogP contribution in [0.4, 0.5) is 0 Å². The van der Waals surface area contributed by atoms with Crippen molar-refractivity contribution in [2.75, 3.05) is 13.1 Å². The first-order valence-electron chi connectivity index (χ1n) is 9.10. The van der Waals surface area contributed by atoms with Crippen molar-refractivity contribution < 1.29 is 9.53 Å². The first kappa shape index (κ1) is 16.4. The second kappa shape index (κ2) is 6.94. The van der Waals surface area contributed by atoms with Crippen molar-refractivity contribution in [1.82, 2.24) is 4.90 Å². The van der Waals surface area contributed by atoms with Gasteiger partial charge in [0.2, 0.25) is 0 Å². The van der Waals surface area contributed by atoms with E-state index >= 15 is 0 Å². The minimum absolute atomic E-state index is 0.151. The molecule has 0 aromatic heterocycles. The molecule has 3 unspecified atom stereocenters. The Balaban J connectivity index is 1.64. The summed E-state index contributed by atoms with van der Waals surface area (Å²) in [6.07, 6.45) is 4.84. The molecule has 1 saturated carbocycles. The first-order valence-corrected chi connectivity index (χ1v) is 9.10. The number of hydrogen-bond acceptors (Lipinski definition) is 2. The lowest BCUT2D eigenvalue weighted by Gasteiger charge is -2.23. The third-order valence-electron chi connectivity index (χ3n) is 5.48. The number of amides is 1. The molecule has 1 saturated heterocycles. The molecule has 1 aliphatic heterocycles. The summed E-state index contributed by atoms with van der Waals surface area (Å²) in [4.78, 5) is 14.8. The third-order valence-corrected chi connectivity index (χ3v) is 5.48. The first-order chi connectivity index (χ1) is 11.1. The summed E-state index contributed by atoms with van der Waals surface area (Å²) in [6.45, 7) is 8.06. The zero-order chi connectivity index (χ0) is 16.4. The summed E-state index contributed by atoms with van der Waals surface area (Å²) in [6, 6.07) is 8.06. The summed E-state index contributed by atoms with van der Waals surface area (Å²) < 4.78 is 6.04. The molecule has 0 radical (unpaired) electrons. The number of ether oxygens (including phenoxy) is 1. The van der Waals surface area contributed by atoms with Gasteiger partial charge in [-0.2, -0.15) is 0 Å². The predicted octanol–water partition coefficient (Wildman–Crippen LogP) is 4.23. The van der Waals surface area contributed by atoms with Crippen molar-refractivity contribution in [1.29, 1.82) is 0 Å². The zero-order valence-electron chi connectivity index (χ0n) is 14.6. The maximum Gasteiger partial charge on any atom is 0.263 e. The number of carbonyl (C=O) groups excluding carboxylic acids is 1. The normalized spacial score (nSPS) is 25.3. The smallest absolute Gasteiger partial charge is 0.263 e. The molecule has 3 atom stereocenters. The van der Waals surface area contributed by atoms with E-state index in [1.807, 2.05) is 30.0 Å². The van der Waals surface area contributed by atoms with Gasteiger partial charge in [0.1, 0.15) is 5.75 Å². The van der Waals surface area contributed by atoms with Gasteiger partial charge in [-0.25, -0.2) is 0 Å². The molecule has 3 heteroatoms. The number of likely N-dealkylation sites (tertiary alicyclic amines) is 1. The van der Waals surface area contributed by atoms with Crippen molar-refractivity contribution in [2.24, 2.45) is 11.8 Å². The van der Waals surface area contributed by atoms with E-state index in [4.69, 9.17) is 4.74 Å². The average molecular weight is 315 g/mol. The Morgan fingerprint density at radius 1 is 1.09 bits per heavy atom. The largest absolute Gasteiger partial charge is 0.481 e. The van der Waals surface area contributed by atoms with Gasteiger partial charge in [-0.05, 0) is 49.1 Å². The number of benzene rings is 1. The Labute approximate surface area is 140 Å². The molecule has 2 aliphatic rings. The standard InChI is InChI=1S/C20H29NO2/c1-14(2)18-10-6-7-11-19(18)23-15(3)20(22)21-12-16-8-4-5-9-17(16)13-21/h6-7,10-11,14-17H,4-5,8-9,12-13H2,1-3H3. The van der Waals surface area contributed by atoms with Crippen molar-refractivity contribution in [3.05, 3.63) is 29.8 Å². The molecule has 1 aromatic carbocycles. The van der Waals surface area contributed by atoms with E-state index in [9.17, 15) is 4.79 Å². The second-order valence-electron chi connectivity index (χ2n) is 7.50. The monoisotopic (exact) mass is 315 g/mol. The van der Waals surface area contributed by atoms with Crippen molar-refractivity contribution in [3.63, 3.8) is 0 Å². The minimum atomic E-state index is -0.407. The highest BCUT2D eigenvalue weighted by atomic mass is 16.5. The molecule has 2 fully saturated rings. The predicted molar refractivity (Wildman–Crippen MR) is 92.6 cm³/mol. The molecule has 0 N–H and O–H groups in total. The number of rotatable bonds is 4. The van der Waals surface area contributed by atoms with Gasteiger partial charge in [0.25, 0.3) is 5.91 Å². The molecule has 3 nitrogen and oxygen atoms in total. The van der Waals surface area contributed by atoms with E-state index in [0.29, 0.717) is 5.92 Å². The molecule has 1 aromatic rings. The molecule has 126 valence electrons. The molecule has 0 bridgehead atoms. The molecule has 23 heavy (non-hydrogen) atoms. The quantitative estimate of drug-likeness (QED) is 0.832. The summed E-state index contributed by atoms with van der Waals surface area (Å²) in [5, 5.41) is 0. The van der Waals surface area contributed by atoms with Crippen LogP contribution in [0.3, 0.4) is 0 Å². The SMILES string of the molecule is CC(Oc1ccccc1C(C)C)C(=O)N1CC2CCCCC2C1. The summed E-state index contributed by atoms with van der Waals surface area (Å²) in [5.74, 6) is 2.84. The fourth-order valence-electron chi connectivity index (χ4n) is 4.15. The fraction of sp³-hybridized carbons (Fsp3) is 0.650. The molecule has 1 heterocycles. The molecule has 3 rings (SSSR count). The lowest BCUT2D eigenvalue weighted by molar-refractivity contribution is -0.137. The van der Waals surface area contributed by atoms with Crippen LogP contribution in [-0.2, 0) is 4.79 Å². The van der Waals surface area contributed by atoms with Gasteiger partial charge in [0.05, 0.1) is 0 Å². The van der Waals surface area contributed by atoms with Crippen LogP contribution in [0.5, 0.6) is 5.75 Å². The lowest BCUT2D eigenvalue weighted by atomic mass is 9.82. The van der Waals surface area contributed by atoms with Crippen molar-refractivity contribution in [2.45, 2.75) is 58.5 Å². The highest BCUT2D eigenvalue weighted by Gasteiger charge is 2.38. The molecule has 0 spiro atoms. The van der Waals surface area contributed by atoms with Gasteiger partial charge < -0.3 is 9.64 Å². The Kier molecular flexibility index (Phi) is 4.93. The maximum absolute atomic E-state index is 12.8.